The molecule has 2 heteroatoms. The van der Waals surface area contributed by atoms with Gasteiger partial charge in [-0.1, -0.05) is 44.0 Å². The molecule has 0 saturated carbocycles. The molecule has 0 radical (unpaired) electrons. The summed E-state index contributed by atoms with van der Waals surface area (Å²) < 4.78 is 1.17. The van der Waals surface area contributed by atoms with Gasteiger partial charge in [-0.15, -0.1) is 0 Å². The normalized spacial score (nSPS) is 22.4. The van der Waals surface area contributed by atoms with Gasteiger partial charge in [-0.25, -0.2) is 0 Å². The van der Waals surface area contributed by atoms with Crippen molar-refractivity contribution in [1.82, 2.24) is 0 Å². The lowest BCUT2D eigenvalue weighted by Crippen LogP contribution is -1.80. The van der Waals surface area contributed by atoms with Crippen molar-refractivity contribution in [1.29, 1.82) is 0 Å². The standard InChI is InChI=1S/C7H6Br2/c8-5-6-1-3-7(9)4-2-6/h1,3-5H,2H2. The van der Waals surface area contributed by atoms with Crippen molar-refractivity contribution in [3.8, 4) is 0 Å². The van der Waals surface area contributed by atoms with E-state index < -0.39 is 0 Å². The van der Waals surface area contributed by atoms with E-state index in [1.54, 1.807) is 0 Å². The predicted octanol–water partition coefficient (Wildman–Crippen LogP) is 3.50. The van der Waals surface area contributed by atoms with E-state index in [1.165, 1.54) is 10.1 Å². The molecule has 0 amide bonds. The van der Waals surface area contributed by atoms with Gasteiger partial charge in [-0.2, -0.15) is 0 Å². The van der Waals surface area contributed by atoms with Crippen LogP contribution < -0.4 is 0 Å². The van der Waals surface area contributed by atoms with Gasteiger partial charge < -0.3 is 0 Å². The molecule has 0 fully saturated rings. The van der Waals surface area contributed by atoms with Crippen LogP contribution in [0.5, 0.6) is 0 Å². The first kappa shape index (κ1) is 7.29. The number of rotatable bonds is 0. The highest BCUT2D eigenvalue weighted by molar-refractivity contribution is 9.12. The van der Waals surface area contributed by atoms with E-state index in [-0.39, 0.29) is 0 Å². The third kappa shape index (κ3) is 2.11. The second-order valence-corrected chi connectivity index (χ2v) is 3.18. The number of allylic oxidation sites excluding steroid dienone is 5. The van der Waals surface area contributed by atoms with Crippen molar-refractivity contribution >= 4 is 31.9 Å². The van der Waals surface area contributed by atoms with Gasteiger partial charge in [0.15, 0.2) is 0 Å². The van der Waals surface area contributed by atoms with E-state index in [9.17, 15) is 0 Å². The molecular weight excluding hydrogens is 244 g/mol. The first-order chi connectivity index (χ1) is 4.33. The summed E-state index contributed by atoms with van der Waals surface area (Å²) >= 11 is 6.65. The first-order valence-electron chi connectivity index (χ1n) is 2.66. The van der Waals surface area contributed by atoms with Gasteiger partial charge >= 0.3 is 0 Å². The third-order valence-corrected chi connectivity index (χ3v) is 2.31. The SMILES string of the molecule is BrC=C1C=CC(Br)=CC1. The molecule has 0 saturated heterocycles. The summed E-state index contributed by atoms with van der Waals surface area (Å²) in [6.07, 6.45) is 7.27. The van der Waals surface area contributed by atoms with E-state index in [4.69, 9.17) is 0 Å². The Labute approximate surface area is 71.6 Å². The number of hydrogen-bond donors (Lipinski definition) is 0. The maximum atomic E-state index is 3.38. The molecule has 0 N–H and O–H groups in total. The molecule has 1 rings (SSSR count). The first-order valence-corrected chi connectivity index (χ1v) is 4.37. The van der Waals surface area contributed by atoms with Crippen LogP contribution in [0.4, 0.5) is 0 Å². The topological polar surface area (TPSA) is 0 Å². The second-order valence-electron chi connectivity index (χ2n) is 1.81. The van der Waals surface area contributed by atoms with Gasteiger partial charge in [0.1, 0.15) is 0 Å². The lowest BCUT2D eigenvalue weighted by atomic mass is 10.1. The van der Waals surface area contributed by atoms with Gasteiger partial charge in [-0.3, -0.25) is 0 Å². The van der Waals surface area contributed by atoms with Crippen LogP contribution in [0.1, 0.15) is 6.42 Å². The minimum absolute atomic E-state index is 1.02. The van der Waals surface area contributed by atoms with Crippen LogP contribution >= 0.6 is 31.9 Å². The fourth-order valence-corrected chi connectivity index (χ4v) is 1.25. The molecule has 0 aliphatic heterocycles. The van der Waals surface area contributed by atoms with Crippen LogP contribution in [0.3, 0.4) is 0 Å². The van der Waals surface area contributed by atoms with Gasteiger partial charge in [0.05, 0.1) is 0 Å². The monoisotopic (exact) mass is 248 g/mol. The van der Waals surface area contributed by atoms with Crippen molar-refractivity contribution in [2.45, 2.75) is 6.42 Å². The molecule has 0 aromatic rings. The van der Waals surface area contributed by atoms with Crippen LogP contribution in [0.2, 0.25) is 0 Å². The van der Waals surface area contributed by atoms with E-state index >= 15 is 0 Å². The molecule has 0 unspecified atom stereocenters. The van der Waals surface area contributed by atoms with E-state index in [0.717, 1.165) is 6.42 Å². The van der Waals surface area contributed by atoms with E-state index in [0.29, 0.717) is 0 Å². The molecule has 0 atom stereocenters. The van der Waals surface area contributed by atoms with Gasteiger partial charge in [-0.05, 0) is 23.1 Å². The Balaban J connectivity index is 2.70. The van der Waals surface area contributed by atoms with Gasteiger partial charge in [0, 0.05) is 4.48 Å². The lowest BCUT2D eigenvalue weighted by molar-refractivity contribution is 1.27. The Morgan fingerprint density at radius 2 is 2.22 bits per heavy atom. The van der Waals surface area contributed by atoms with E-state index in [1.807, 2.05) is 11.1 Å². The Kier molecular flexibility index (Phi) is 2.73. The fraction of sp³-hybridized carbons (Fsp3) is 0.143. The summed E-state index contributed by atoms with van der Waals surface area (Å²) in [5.41, 5.74) is 1.30. The average molecular weight is 250 g/mol. The quantitative estimate of drug-likeness (QED) is 0.617. The molecule has 0 spiro atoms. The molecular formula is C7H6Br2. The highest BCUT2D eigenvalue weighted by Crippen LogP contribution is 2.19. The molecule has 1 aliphatic carbocycles. The zero-order valence-electron chi connectivity index (χ0n) is 4.77. The summed E-state index contributed by atoms with van der Waals surface area (Å²) in [6.45, 7) is 0. The predicted molar refractivity (Wildman–Crippen MR) is 47.8 cm³/mol. The molecule has 0 heterocycles. The molecule has 48 valence electrons. The maximum absolute atomic E-state index is 3.38. The van der Waals surface area contributed by atoms with Crippen molar-refractivity contribution in [2.75, 3.05) is 0 Å². The lowest BCUT2D eigenvalue weighted by Gasteiger charge is -2.01. The Hall–Kier alpha value is 0.180. The number of halogens is 2. The minimum atomic E-state index is 1.02. The van der Waals surface area contributed by atoms with Crippen LogP contribution in [0.15, 0.2) is 33.3 Å². The second kappa shape index (κ2) is 3.37. The molecule has 0 nitrogen and oxygen atoms in total. The van der Waals surface area contributed by atoms with E-state index in [2.05, 4.69) is 44.0 Å². The smallest absolute Gasteiger partial charge is 0.0138 e. The maximum Gasteiger partial charge on any atom is 0.0138 e. The Morgan fingerprint density at radius 1 is 1.44 bits per heavy atom. The van der Waals surface area contributed by atoms with Crippen molar-refractivity contribution in [2.24, 2.45) is 0 Å². The molecule has 1 aliphatic rings. The van der Waals surface area contributed by atoms with Crippen molar-refractivity contribution in [3.05, 3.63) is 33.3 Å². The fourth-order valence-electron chi connectivity index (χ4n) is 0.619. The summed E-state index contributed by atoms with van der Waals surface area (Å²) in [6, 6.07) is 0. The summed E-state index contributed by atoms with van der Waals surface area (Å²) in [7, 11) is 0. The highest BCUT2D eigenvalue weighted by Gasteiger charge is 1.95. The zero-order chi connectivity index (χ0) is 6.69. The number of hydrogen-bond acceptors (Lipinski definition) is 0. The molecule has 0 aromatic carbocycles. The summed E-state index contributed by atoms with van der Waals surface area (Å²) in [5, 5.41) is 0. The highest BCUT2D eigenvalue weighted by atomic mass is 79.9. The average Bonchev–Trinajstić information content (AvgIpc) is 1.90. The van der Waals surface area contributed by atoms with Crippen LogP contribution in [-0.2, 0) is 0 Å². The Bertz CT molecular complexity index is 187. The van der Waals surface area contributed by atoms with Crippen molar-refractivity contribution in [3.63, 3.8) is 0 Å². The molecule has 0 aromatic heterocycles. The summed E-state index contributed by atoms with van der Waals surface area (Å²) in [5.74, 6) is 0. The largest absolute Gasteiger partial charge is 0.0658 e. The molecule has 0 bridgehead atoms. The third-order valence-electron chi connectivity index (χ3n) is 1.13. The zero-order valence-corrected chi connectivity index (χ0v) is 7.94. The molecule has 9 heavy (non-hydrogen) atoms. The van der Waals surface area contributed by atoms with Crippen LogP contribution in [0, 0.1) is 0 Å². The van der Waals surface area contributed by atoms with Crippen molar-refractivity contribution < 1.29 is 0 Å². The van der Waals surface area contributed by atoms with Crippen LogP contribution in [0.25, 0.3) is 0 Å². The minimum Gasteiger partial charge on any atom is -0.0658 e. The Morgan fingerprint density at radius 3 is 2.67 bits per heavy atom. The summed E-state index contributed by atoms with van der Waals surface area (Å²) in [4.78, 5) is 1.94. The van der Waals surface area contributed by atoms with Gasteiger partial charge in [0.2, 0.25) is 0 Å². The van der Waals surface area contributed by atoms with Gasteiger partial charge in [0.25, 0.3) is 0 Å². The van der Waals surface area contributed by atoms with Crippen LogP contribution in [-0.4, -0.2) is 0 Å².